The predicted octanol–water partition coefficient (Wildman–Crippen LogP) is 2.71. The average molecular weight is 258 g/mol. The molecule has 0 fully saturated rings. The van der Waals surface area contributed by atoms with Crippen molar-refractivity contribution in [1.82, 2.24) is 15.0 Å². The van der Waals surface area contributed by atoms with E-state index in [4.69, 9.17) is 4.74 Å². The summed E-state index contributed by atoms with van der Waals surface area (Å²) >= 11 is 0. The monoisotopic (exact) mass is 258 g/mol. The lowest BCUT2D eigenvalue weighted by Crippen LogP contribution is -2.03. The molecule has 0 aliphatic carbocycles. The molecular formula is C14H18N4O. The molecular weight excluding hydrogens is 240 g/mol. The van der Waals surface area contributed by atoms with Crippen LogP contribution in [0.2, 0.25) is 0 Å². The Kier molecular flexibility index (Phi) is 3.94. The first kappa shape index (κ1) is 13.3. The van der Waals surface area contributed by atoms with E-state index < -0.39 is 0 Å². The highest BCUT2D eigenvalue weighted by atomic mass is 16.5. The molecule has 2 heterocycles. The van der Waals surface area contributed by atoms with Crippen molar-refractivity contribution in [3.63, 3.8) is 0 Å². The van der Waals surface area contributed by atoms with E-state index in [0.717, 1.165) is 22.9 Å². The van der Waals surface area contributed by atoms with Crippen LogP contribution >= 0.6 is 0 Å². The summed E-state index contributed by atoms with van der Waals surface area (Å²) in [7, 11) is 3.45. The minimum atomic E-state index is 0.274. The highest BCUT2D eigenvalue weighted by molar-refractivity contribution is 5.63. The van der Waals surface area contributed by atoms with Gasteiger partial charge in [-0.15, -0.1) is 0 Å². The van der Waals surface area contributed by atoms with E-state index in [1.54, 1.807) is 13.3 Å². The molecule has 0 saturated carbocycles. The lowest BCUT2D eigenvalue weighted by atomic mass is 10.1. The Balaban J connectivity index is 2.50. The molecule has 0 unspecified atom stereocenters. The van der Waals surface area contributed by atoms with Crippen molar-refractivity contribution < 1.29 is 4.74 Å². The van der Waals surface area contributed by atoms with Gasteiger partial charge in [0, 0.05) is 36.9 Å². The molecule has 0 aliphatic rings. The van der Waals surface area contributed by atoms with Crippen LogP contribution in [-0.4, -0.2) is 29.1 Å². The SMILES string of the molecule is CNc1cc(-c2ccnc(OC)c2)nc(C(C)C)n1. The minimum absolute atomic E-state index is 0.274. The number of nitrogens with one attached hydrogen (secondary N) is 1. The Morgan fingerprint density at radius 2 is 2.00 bits per heavy atom. The number of hydrogen-bond donors (Lipinski definition) is 1. The molecule has 5 nitrogen and oxygen atoms in total. The third-order valence-electron chi connectivity index (χ3n) is 2.76. The molecule has 0 bridgehead atoms. The number of nitrogens with zero attached hydrogens (tertiary/aromatic N) is 3. The highest BCUT2D eigenvalue weighted by Crippen LogP contribution is 2.24. The summed E-state index contributed by atoms with van der Waals surface area (Å²) in [4.78, 5) is 13.1. The number of hydrogen-bond acceptors (Lipinski definition) is 5. The van der Waals surface area contributed by atoms with E-state index in [2.05, 4.69) is 34.1 Å². The van der Waals surface area contributed by atoms with E-state index in [0.29, 0.717) is 5.88 Å². The second-order valence-corrected chi connectivity index (χ2v) is 4.49. The summed E-state index contributed by atoms with van der Waals surface area (Å²) in [5.41, 5.74) is 1.83. The summed E-state index contributed by atoms with van der Waals surface area (Å²) in [5, 5.41) is 3.06. The van der Waals surface area contributed by atoms with Crippen LogP contribution in [0.4, 0.5) is 5.82 Å². The van der Waals surface area contributed by atoms with Crippen LogP contribution in [0.5, 0.6) is 5.88 Å². The lowest BCUT2D eigenvalue weighted by Gasteiger charge is -2.10. The molecule has 0 amide bonds. The van der Waals surface area contributed by atoms with Crippen molar-refractivity contribution in [2.24, 2.45) is 0 Å². The summed E-state index contributed by atoms with van der Waals surface area (Å²) in [6, 6.07) is 5.70. The first-order chi connectivity index (χ1) is 9.13. The van der Waals surface area contributed by atoms with Crippen LogP contribution in [0.15, 0.2) is 24.4 Å². The normalized spacial score (nSPS) is 10.6. The van der Waals surface area contributed by atoms with Crippen LogP contribution < -0.4 is 10.1 Å². The van der Waals surface area contributed by atoms with E-state index >= 15 is 0 Å². The van der Waals surface area contributed by atoms with Gasteiger partial charge < -0.3 is 10.1 Å². The zero-order valence-electron chi connectivity index (χ0n) is 11.6. The van der Waals surface area contributed by atoms with Gasteiger partial charge >= 0.3 is 0 Å². The second-order valence-electron chi connectivity index (χ2n) is 4.49. The van der Waals surface area contributed by atoms with Gasteiger partial charge in [-0.1, -0.05) is 13.8 Å². The van der Waals surface area contributed by atoms with E-state index in [1.807, 2.05) is 25.2 Å². The van der Waals surface area contributed by atoms with Gasteiger partial charge in [-0.2, -0.15) is 0 Å². The molecule has 2 aromatic rings. The van der Waals surface area contributed by atoms with Gasteiger partial charge in [0.05, 0.1) is 12.8 Å². The molecule has 0 saturated heterocycles. The van der Waals surface area contributed by atoms with Crippen molar-refractivity contribution in [3.05, 3.63) is 30.2 Å². The van der Waals surface area contributed by atoms with E-state index in [1.165, 1.54) is 0 Å². The van der Waals surface area contributed by atoms with Crippen LogP contribution in [0, 0.1) is 0 Å². The Morgan fingerprint density at radius 1 is 1.21 bits per heavy atom. The smallest absolute Gasteiger partial charge is 0.213 e. The van der Waals surface area contributed by atoms with E-state index in [-0.39, 0.29) is 5.92 Å². The van der Waals surface area contributed by atoms with Gasteiger partial charge in [0.1, 0.15) is 11.6 Å². The minimum Gasteiger partial charge on any atom is -0.481 e. The number of aromatic nitrogens is 3. The van der Waals surface area contributed by atoms with Gasteiger partial charge in [0.15, 0.2) is 0 Å². The summed E-state index contributed by atoms with van der Waals surface area (Å²) < 4.78 is 5.14. The third kappa shape index (κ3) is 2.99. The zero-order valence-corrected chi connectivity index (χ0v) is 11.6. The fraction of sp³-hybridized carbons (Fsp3) is 0.357. The quantitative estimate of drug-likeness (QED) is 0.913. The number of ether oxygens (including phenoxy) is 1. The maximum Gasteiger partial charge on any atom is 0.213 e. The molecule has 0 aliphatic heterocycles. The fourth-order valence-electron chi connectivity index (χ4n) is 1.68. The lowest BCUT2D eigenvalue weighted by molar-refractivity contribution is 0.398. The zero-order chi connectivity index (χ0) is 13.8. The standard InChI is InChI=1S/C14H18N4O/c1-9(2)14-17-11(8-12(15-3)18-14)10-5-6-16-13(7-10)19-4/h5-9H,1-4H3,(H,15,17,18). The summed E-state index contributed by atoms with van der Waals surface area (Å²) in [6.45, 7) is 4.15. The Morgan fingerprint density at radius 3 is 2.63 bits per heavy atom. The second kappa shape index (κ2) is 5.65. The molecule has 0 atom stereocenters. The first-order valence-corrected chi connectivity index (χ1v) is 6.21. The van der Waals surface area contributed by atoms with Gasteiger partial charge in [-0.05, 0) is 6.07 Å². The van der Waals surface area contributed by atoms with Crippen LogP contribution in [0.3, 0.4) is 0 Å². The predicted molar refractivity (Wildman–Crippen MR) is 75.5 cm³/mol. The molecule has 2 aromatic heterocycles. The highest BCUT2D eigenvalue weighted by Gasteiger charge is 2.09. The van der Waals surface area contributed by atoms with E-state index in [9.17, 15) is 0 Å². The third-order valence-corrected chi connectivity index (χ3v) is 2.76. The van der Waals surface area contributed by atoms with Gasteiger partial charge in [0.2, 0.25) is 5.88 Å². The van der Waals surface area contributed by atoms with Gasteiger partial charge in [0.25, 0.3) is 0 Å². The summed E-state index contributed by atoms with van der Waals surface area (Å²) in [6.07, 6.45) is 1.71. The molecule has 5 heteroatoms. The number of methoxy groups -OCH3 is 1. The number of anilines is 1. The van der Waals surface area contributed by atoms with Crippen molar-refractivity contribution in [1.29, 1.82) is 0 Å². The van der Waals surface area contributed by atoms with Crippen molar-refractivity contribution in [2.45, 2.75) is 19.8 Å². The molecule has 0 spiro atoms. The Bertz CT molecular complexity index is 569. The van der Waals surface area contributed by atoms with Crippen molar-refractivity contribution in [3.8, 4) is 17.1 Å². The van der Waals surface area contributed by atoms with Crippen LogP contribution in [0.1, 0.15) is 25.6 Å². The first-order valence-electron chi connectivity index (χ1n) is 6.21. The fourth-order valence-corrected chi connectivity index (χ4v) is 1.68. The maximum atomic E-state index is 5.14. The summed E-state index contributed by atoms with van der Waals surface area (Å²) in [5.74, 6) is 2.48. The Hall–Kier alpha value is -2.17. The van der Waals surface area contributed by atoms with Crippen LogP contribution in [-0.2, 0) is 0 Å². The molecule has 1 N–H and O–H groups in total. The van der Waals surface area contributed by atoms with Crippen molar-refractivity contribution in [2.75, 3.05) is 19.5 Å². The van der Waals surface area contributed by atoms with Crippen molar-refractivity contribution >= 4 is 5.82 Å². The Labute approximate surface area is 113 Å². The molecule has 0 aromatic carbocycles. The number of pyridine rings is 1. The molecule has 0 radical (unpaired) electrons. The maximum absolute atomic E-state index is 5.14. The van der Waals surface area contributed by atoms with Crippen LogP contribution in [0.25, 0.3) is 11.3 Å². The molecule has 2 rings (SSSR count). The molecule has 100 valence electrons. The molecule has 19 heavy (non-hydrogen) atoms. The van der Waals surface area contributed by atoms with Gasteiger partial charge in [-0.3, -0.25) is 0 Å². The average Bonchev–Trinajstić information content (AvgIpc) is 2.46. The largest absolute Gasteiger partial charge is 0.481 e. The van der Waals surface area contributed by atoms with Gasteiger partial charge in [-0.25, -0.2) is 15.0 Å². The number of rotatable bonds is 4. The topological polar surface area (TPSA) is 59.9 Å².